The van der Waals surface area contributed by atoms with Crippen LogP contribution in [0.4, 0.5) is 0 Å². The number of thiazole rings is 1. The van der Waals surface area contributed by atoms with Crippen molar-refractivity contribution in [2.45, 2.75) is 40.3 Å². The maximum atomic E-state index is 12.0. The molecule has 0 spiro atoms. The first kappa shape index (κ1) is 23.3. The second-order valence-electron chi connectivity index (χ2n) is 5.75. The fraction of sp³-hybridized carbons (Fsp3) is 0.444. The first-order valence-electron chi connectivity index (χ1n) is 8.48. The SMILES string of the molecule is CCOC(=O)c1sc(C(C)NC(=NC)NCc2cccc(C)n2)nc1C.I. The van der Waals surface area contributed by atoms with Gasteiger partial charge in [0, 0.05) is 12.7 Å². The molecule has 0 radical (unpaired) electrons. The number of pyridine rings is 1. The molecule has 27 heavy (non-hydrogen) atoms. The first-order valence-corrected chi connectivity index (χ1v) is 9.30. The molecule has 0 aliphatic carbocycles. The summed E-state index contributed by atoms with van der Waals surface area (Å²) in [7, 11) is 1.71. The third-order valence-corrected chi connectivity index (χ3v) is 4.92. The minimum atomic E-state index is -0.325. The molecule has 0 fully saturated rings. The summed E-state index contributed by atoms with van der Waals surface area (Å²) in [5.74, 6) is 0.320. The predicted octanol–water partition coefficient (Wildman–Crippen LogP) is 3.38. The summed E-state index contributed by atoms with van der Waals surface area (Å²) in [4.78, 5) is 25.7. The van der Waals surface area contributed by atoms with Gasteiger partial charge in [-0.2, -0.15) is 0 Å². The van der Waals surface area contributed by atoms with E-state index in [2.05, 4.69) is 25.6 Å². The summed E-state index contributed by atoms with van der Waals surface area (Å²) in [6, 6.07) is 5.81. The molecule has 0 bridgehead atoms. The zero-order chi connectivity index (χ0) is 19.1. The van der Waals surface area contributed by atoms with Crippen LogP contribution in [0, 0.1) is 13.8 Å². The van der Waals surface area contributed by atoms with Gasteiger partial charge >= 0.3 is 5.97 Å². The molecule has 1 unspecified atom stereocenters. The number of nitrogens with zero attached hydrogens (tertiary/aromatic N) is 3. The van der Waals surface area contributed by atoms with Crippen LogP contribution in [-0.4, -0.2) is 35.6 Å². The van der Waals surface area contributed by atoms with Crippen molar-refractivity contribution >= 4 is 47.2 Å². The van der Waals surface area contributed by atoms with E-state index in [0.717, 1.165) is 16.4 Å². The summed E-state index contributed by atoms with van der Waals surface area (Å²) in [5, 5.41) is 7.33. The van der Waals surface area contributed by atoms with E-state index in [-0.39, 0.29) is 36.0 Å². The molecule has 9 heteroatoms. The number of esters is 1. The Kier molecular flexibility index (Phi) is 9.64. The van der Waals surface area contributed by atoms with E-state index < -0.39 is 0 Å². The largest absolute Gasteiger partial charge is 0.462 e. The van der Waals surface area contributed by atoms with E-state index in [1.54, 1.807) is 14.0 Å². The van der Waals surface area contributed by atoms with Crippen LogP contribution in [0.15, 0.2) is 23.2 Å². The number of halogens is 1. The maximum Gasteiger partial charge on any atom is 0.350 e. The van der Waals surface area contributed by atoms with Crippen LogP contribution in [0.25, 0.3) is 0 Å². The zero-order valence-corrected chi connectivity index (χ0v) is 19.3. The molecule has 0 aromatic carbocycles. The van der Waals surface area contributed by atoms with Gasteiger partial charge in [-0.05, 0) is 39.8 Å². The number of nitrogens with one attached hydrogen (secondary N) is 2. The van der Waals surface area contributed by atoms with Gasteiger partial charge in [0.1, 0.15) is 9.88 Å². The molecule has 2 rings (SSSR count). The minimum absolute atomic E-state index is 0. The number of aromatic nitrogens is 2. The maximum absolute atomic E-state index is 12.0. The summed E-state index contributed by atoms with van der Waals surface area (Å²) in [6.07, 6.45) is 0. The Morgan fingerprint density at radius 1 is 1.33 bits per heavy atom. The van der Waals surface area contributed by atoms with E-state index in [0.29, 0.717) is 29.7 Å². The van der Waals surface area contributed by atoms with Crippen molar-refractivity contribution in [2.75, 3.05) is 13.7 Å². The molecular formula is C18H26IN5O2S. The van der Waals surface area contributed by atoms with Crippen LogP contribution < -0.4 is 10.6 Å². The molecule has 148 valence electrons. The number of carbonyl (C=O) groups excluding carboxylic acids is 1. The average molecular weight is 503 g/mol. The molecule has 0 aliphatic heterocycles. The number of ether oxygens (including phenoxy) is 1. The van der Waals surface area contributed by atoms with E-state index in [1.807, 2.05) is 39.0 Å². The van der Waals surface area contributed by atoms with Crippen molar-refractivity contribution in [3.05, 3.63) is 45.2 Å². The summed E-state index contributed by atoms with van der Waals surface area (Å²) < 4.78 is 5.07. The van der Waals surface area contributed by atoms with Crippen LogP contribution in [-0.2, 0) is 11.3 Å². The minimum Gasteiger partial charge on any atom is -0.462 e. The van der Waals surface area contributed by atoms with E-state index in [9.17, 15) is 4.79 Å². The third kappa shape index (κ3) is 6.73. The fourth-order valence-electron chi connectivity index (χ4n) is 2.32. The standard InChI is InChI=1S/C18H25N5O2S.HI/c1-6-25-17(24)15-12(3)22-16(26-15)13(4)23-18(19-5)20-10-14-9-7-8-11(2)21-14;/h7-9,13H,6,10H2,1-5H3,(H2,19,20,23);1H. The molecular weight excluding hydrogens is 477 g/mol. The molecule has 7 nitrogen and oxygen atoms in total. The number of aryl methyl sites for hydroxylation is 2. The van der Waals surface area contributed by atoms with Gasteiger partial charge in [0.25, 0.3) is 0 Å². The van der Waals surface area contributed by atoms with E-state index in [1.165, 1.54) is 11.3 Å². The van der Waals surface area contributed by atoms with Crippen LogP contribution in [0.5, 0.6) is 0 Å². The second kappa shape index (κ2) is 11.2. The summed E-state index contributed by atoms with van der Waals surface area (Å²) >= 11 is 1.34. The van der Waals surface area contributed by atoms with Crippen LogP contribution >= 0.6 is 35.3 Å². The lowest BCUT2D eigenvalue weighted by molar-refractivity contribution is 0.0531. The molecule has 1 atom stereocenters. The van der Waals surface area contributed by atoms with Crippen molar-refractivity contribution in [2.24, 2.45) is 4.99 Å². The highest BCUT2D eigenvalue weighted by molar-refractivity contribution is 14.0. The van der Waals surface area contributed by atoms with Gasteiger partial charge in [-0.15, -0.1) is 35.3 Å². The van der Waals surface area contributed by atoms with Gasteiger partial charge in [-0.25, -0.2) is 9.78 Å². The molecule has 2 N–H and O–H groups in total. The Labute approximate surface area is 181 Å². The quantitative estimate of drug-likeness (QED) is 0.272. The number of carbonyl (C=O) groups is 1. The van der Waals surface area contributed by atoms with Crippen molar-refractivity contribution in [1.29, 1.82) is 0 Å². The Bertz CT molecular complexity index is 794. The smallest absolute Gasteiger partial charge is 0.350 e. The number of guanidine groups is 1. The zero-order valence-electron chi connectivity index (χ0n) is 16.2. The fourth-order valence-corrected chi connectivity index (χ4v) is 3.29. The predicted molar refractivity (Wildman–Crippen MR) is 119 cm³/mol. The third-order valence-electron chi connectivity index (χ3n) is 3.60. The number of rotatable bonds is 6. The summed E-state index contributed by atoms with van der Waals surface area (Å²) in [5.41, 5.74) is 2.60. The summed E-state index contributed by atoms with van der Waals surface area (Å²) in [6.45, 7) is 8.46. The second-order valence-corrected chi connectivity index (χ2v) is 6.78. The Balaban J connectivity index is 0.00000364. The van der Waals surface area contributed by atoms with Crippen molar-refractivity contribution < 1.29 is 9.53 Å². The Morgan fingerprint density at radius 3 is 2.70 bits per heavy atom. The molecule has 2 heterocycles. The van der Waals surface area contributed by atoms with E-state index >= 15 is 0 Å². The average Bonchev–Trinajstić information content (AvgIpc) is 3.00. The van der Waals surface area contributed by atoms with Crippen molar-refractivity contribution in [3.8, 4) is 0 Å². The van der Waals surface area contributed by atoms with Gasteiger partial charge in [-0.1, -0.05) is 6.07 Å². The van der Waals surface area contributed by atoms with Gasteiger partial charge in [0.15, 0.2) is 5.96 Å². The van der Waals surface area contributed by atoms with Crippen LogP contribution in [0.3, 0.4) is 0 Å². The molecule has 0 aliphatic rings. The number of hydrogen-bond donors (Lipinski definition) is 2. The lowest BCUT2D eigenvalue weighted by Crippen LogP contribution is -2.38. The molecule has 0 saturated carbocycles. The van der Waals surface area contributed by atoms with Gasteiger partial charge < -0.3 is 15.4 Å². The molecule has 2 aromatic heterocycles. The van der Waals surface area contributed by atoms with Crippen LogP contribution in [0.2, 0.25) is 0 Å². The first-order chi connectivity index (χ1) is 12.4. The highest BCUT2D eigenvalue weighted by Gasteiger charge is 2.20. The topological polar surface area (TPSA) is 88.5 Å². The monoisotopic (exact) mass is 503 g/mol. The lowest BCUT2D eigenvalue weighted by Gasteiger charge is -2.16. The highest BCUT2D eigenvalue weighted by Crippen LogP contribution is 2.24. The molecule has 0 amide bonds. The number of aliphatic imine (C=N–C) groups is 1. The van der Waals surface area contributed by atoms with Crippen molar-refractivity contribution in [1.82, 2.24) is 20.6 Å². The molecule has 0 saturated heterocycles. The number of hydrogen-bond acceptors (Lipinski definition) is 6. The Morgan fingerprint density at radius 2 is 2.07 bits per heavy atom. The van der Waals surface area contributed by atoms with Gasteiger partial charge in [0.05, 0.1) is 30.6 Å². The Hall–Kier alpha value is -1.75. The lowest BCUT2D eigenvalue weighted by atomic mass is 10.3. The normalized spacial score (nSPS) is 12.1. The highest BCUT2D eigenvalue weighted by atomic mass is 127. The van der Waals surface area contributed by atoms with Crippen molar-refractivity contribution in [3.63, 3.8) is 0 Å². The van der Waals surface area contributed by atoms with Gasteiger partial charge in [-0.3, -0.25) is 9.98 Å². The van der Waals surface area contributed by atoms with Crippen LogP contribution in [0.1, 0.15) is 51.7 Å². The van der Waals surface area contributed by atoms with Gasteiger partial charge in [0.2, 0.25) is 0 Å². The molecule has 2 aromatic rings. The van der Waals surface area contributed by atoms with E-state index in [4.69, 9.17) is 4.74 Å².